The summed E-state index contributed by atoms with van der Waals surface area (Å²) in [6.07, 6.45) is 1.55. The lowest BCUT2D eigenvalue weighted by Gasteiger charge is -2.11. The zero-order valence-electron chi connectivity index (χ0n) is 16.6. The van der Waals surface area contributed by atoms with Crippen molar-refractivity contribution in [2.75, 3.05) is 26.4 Å². The summed E-state index contributed by atoms with van der Waals surface area (Å²) in [5.41, 5.74) is 1.51. The third kappa shape index (κ3) is 5.58. The molecule has 0 bridgehead atoms. The third-order valence-corrected chi connectivity index (χ3v) is 5.88. The van der Waals surface area contributed by atoms with Crippen LogP contribution in [0.15, 0.2) is 47.4 Å². The number of fused-ring (bicyclic) bond motifs is 1. The number of benzene rings is 2. The van der Waals surface area contributed by atoms with Crippen molar-refractivity contribution >= 4 is 21.8 Å². The minimum absolute atomic E-state index is 0.0633. The minimum atomic E-state index is -3.97. The Labute approximate surface area is 175 Å². The Hall–Kier alpha value is -2.91. The molecule has 0 saturated heterocycles. The van der Waals surface area contributed by atoms with Crippen molar-refractivity contribution in [1.29, 1.82) is 0 Å². The fourth-order valence-corrected chi connectivity index (χ4v) is 3.74. The van der Waals surface area contributed by atoms with Gasteiger partial charge in [-0.2, -0.15) is 4.72 Å². The highest BCUT2D eigenvalue weighted by molar-refractivity contribution is 7.89. The monoisotopic (exact) mass is 433 g/mol. The Kier molecular flexibility index (Phi) is 7.07. The topological polar surface area (TPSA) is 108 Å². The second-order valence-electron chi connectivity index (χ2n) is 6.62. The molecule has 2 aromatic carbocycles. The number of aryl methyl sites for hydroxylation is 1. The van der Waals surface area contributed by atoms with Crippen molar-refractivity contribution in [1.82, 2.24) is 4.72 Å². The minimum Gasteiger partial charge on any atom is -0.490 e. The molecule has 0 atom stereocenters. The largest absolute Gasteiger partial charge is 0.490 e. The highest BCUT2D eigenvalue weighted by atomic mass is 32.2. The second kappa shape index (κ2) is 9.73. The molecule has 1 N–H and O–H groups in total. The summed E-state index contributed by atoms with van der Waals surface area (Å²) in [6, 6.07) is 11.2. The zero-order valence-corrected chi connectivity index (χ0v) is 17.4. The predicted octanol–water partition coefficient (Wildman–Crippen LogP) is 2.11. The van der Waals surface area contributed by atoms with E-state index in [4.69, 9.17) is 14.2 Å². The standard InChI is InChI=1S/C21H23NO7S/c1-2-15-4-6-16(7-5-15)18(23)14-29-21(24)13-22-30(25,26)17-8-9-19-20(12-17)28-11-3-10-27-19/h4-9,12,22H,2-3,10-11,13-14H2,1H3. The number of carbonyl (C=O) groups is 2. The number of esters is 1. The number of hydrogen-bond acceptors (Lipinski definition) is 7. The van der Waals surface area contributed by atoms with Gasteiger partial charge in [0.05, 0.1) is 18.1 Å². The highest BCUT2D eigenvalue weighted by Gasteiger charge is 2.20. The van der Waals surface area contributed by atoms with Crippen molar-refractivity contribution in [3.63, 3.8) is 0 Å². The van der Waals surface area contributed by atoms with Gasteiger partial charge in [0.1, 0.15) is 6.54 Å². The first kappa shape index (κ1) is 21.8. The number of Topliss-reactive ketones (excluding diaryl/α,β-unsaturated/α-hetero) is 1. The third-order valence-electron chi connectivity index (χ3n) is 4.48. The van der Waals surface area contributed by atoms with E-state index in [1.54, 1.807) is 12.1 Å². The summed E-state index contributed by atoms with van der Waals surface area (Å²) in [6.45, 7) is 1.86. The van der Waals surface area contributed by atoms with E-state index in [1.807, 2.05) is 19.1 Å². The SMILES string of the molecule is CCc1ccc(C(=O)COC(=O)CNS(=O)(=O)c2ccc3c(c2)OCCCO3)cc1. The van der Waals surface area contributed by atoms with Gasteiger partial charge >= 0.3 is 5.97 Å². The Morgan fingerprint density at radius 3 is 2.43 bits per heavy atom. The van der Waals surface area contributed by atoms with Gasteiger partial charge in [0.2, 0.25) is 10.0 Å². The quantitative estimate of drug-likeness (QED) is 0.502. The number of hydrogen-bond donors (Lipinski definition) is 1. The first-order valence-electron chi connectivity index (χ1n) is 9.56. The number of carbonyl (C=O) groups excluding carboxylic acids is 2. The maximum absolute atomic E-state index is 12.4. The van der Waals surface area contributed by atoms with Gasteiger partial charge in [0.15, 0.2) is 23.9 Å². The molecule has 1 aliphatic heterocycles. The maximum Gasteiger partial charge on any atom is 0.321 e. The normalized spacial score (nSPS) is 13.4. The molecule has 1 heterocycles. The summed E-state index contributed by atoms with van der Waals surface area (Å²) in [5.74, 6) is -0.419. The molecule has 160 valence electrons. The van der Waals surface area contributed by atoms with Crippen molar-refractivity contribution in [2.45, 2.75) is 24.7 Å². The smallest absolute Gasteiger partial charge is 0.321 e. The van der Waals surface area contributed by atoms with Crippen LogP contribution in [0.25, 0.3) is 0 Å². The van der Waals surface area contributed by atoms with Gasteiger partial charge in [0, 0.05) is 18.1 Å². The van der Waals surface area contributed by atoms with Gasteiger partial charge in [0.25, 0.3) is 0 Å². The van der Waals surface area contributed by atoms with Crippen LogP contribution in [-0.4, -0.2) is 46.5 Å². The number of ether oxygens (including phenoxy) is 3. The fourth-order valence-electron chi connectivity index (χ4n) is 2.75. The molecular formula is C21H23NO7S. The number of ketones is 1. The molecule has 8 nitrogen and oxygen atoms in total. The van der Waals surface area contributed by atoms with Crippen LogP contribution in [0.3, 0.4) is 0 Å². The van der Waals surface area contributed by atoms with Crippen LogP contribution in [0.2, 0.25) is 0 Å². The fraction of sp³-hybridized carbons (Fsp3) is 0.333. The number of rotatable bonds is 8. The van der Waals surface area contributed by atoms with Gasteiger partial charge in [-0.3, -0.25) is 9.59 Å². The Bertz CT molecular complexity index is 1020. The van der Waals surface area contributed by atoms with Gasteiger partial charge in [-0.25, -0.2) is 8.42 Å². The summed E-state index contributed by atoms with van der Waals surface area (Å²) in [5, 5.41) is 0. The summed E-state index contributed by atoms with van der Waals surface area (Å²) < 4.78 is 42.9. The molecule has 0 spiro atoms. The van der Waals surface area contributed by atoms with E-state index in [9.17, 15) is 18.0 Å². The van der Waals surface area contributed by atoms with Crippen LogP contribution in [0.5, 0.6) is 11.5 Å². The van der Waals surface area contributed by atoms with Crippen LogP contribution in [0.4, 0.5) is 0 Å². The van der Waals surface area contributed by atoms with Crippen molar-refractivity contribution < 1.29 is 32.2 Å². The molecule has 30 heavy (non-hydrogen) atoms. The van der Waals surface area contributed by atoms with E-state index in [0.717, 1.165) is 12.0 Å². The van der Waals surface area contributed by atoms with E-state index in [0.29, 0.717) is 36.7 Å². The first-order valence-corrected chi connectivity index (χ1v) is 11.0. The van der Waals surface area contributed by atoms with E-state index >= 15 is 0 Å². The molecule has 0 radical (unpaired) electrons. The van der Waals surface area contributed by atoms with Crippen LogP contribution >= 0.6 is 0 Å². The van der Waals surface area contributed by atoms with Crippen molar-refractivity contribution in [3.05, 3.63) is 53.6 Å². The molecule has 0 unspecified atom stereocenters. The molecule has 1 aliphatic rings. The maximum atomic E-state index is 12.4. The Morgan fingerprint density at radius 2 is 1.73 bits per heavy atom. The van der Waals surface area contributed by atoms with Crippen LogP contribution < -0.4 is 14.2 Å². The summed E-state index contributed by atoms with van der Waals surface area (Å²) in [4.78, 5) is 23.9. The molecule has 0 saturated carbocycles. The van der Waals surface area contributed by atoms with Crippen LogP contribution in [-0.2, 0) is 26.0 Å². The molecule has 0 amide bonds. The van der Waals surface area contributed by atoms with Crippen LogP contribution in [0, 0.1) is 0 Å². The zero-order chi connectivity index (χ0) is 21.6. The lowest BCUT2D eigenvalue weighted by Crippen LogP contribution is -2.31. The molecule has 9 heteroatoms. The van der Waals surface area contributed by atoms with Gasteiger partial charge < -0.3 is 14.2 Å². The van der Waals surface area contributed by atoms with Gasteiger partial charge in [-0.1, -0.05) is 31.2 Å². The number of sulfonamides is 1. The van der Waals surface area contributed by atoms with Gasteiger partial charge in [-0.15, -0.1) is 0 Å². The molecule has 0 fully saturated rings. The van der Waals surface area contributed by atoms with E-state index in [2.05, 4.69) is 4.72 Å². The summed E-state index contributed by atoms with van der Waals surface area (Å²) >= 11 is 0. The average molecular weight is 433 g/mol. The van der Waals surface area contributed by atoms with E-state index in [-0.39, 0.29) is 10.7 Å². The van der Waals surface area contributed by atoms with E-state index < -0.39 is 29.1 Å². The molecular weight excluding hydrogens is 410 g/mol. The van der Waals surface area contributed by atoms with Crippen molar-refractivity contribution in [2.24, 2.45) is 0 Å². The highest BCUT2D eigenvalue weighted by Crippen LogP contribution is 2.31. The lowest BCUT2D eigenvalue weighted by molar-refractivity contribution is -0.141. The van der Waals surface area contributed by atoms with Crippen molar-refractivity contribution in [3.8, 4) is 11.5 Å². The summed E-state index contributed by atoms with van der Waals surface area (Å²) in [7, 11) is -3.97. The lowest BCUT2D eigenvalue weighted by atomic mass is 10.1. The van der Waals surface area contributed by atoms with Crippen LogP contribution in [0.1, 0.15) is 29.3 Å². The van der Waals surface area contributed by atoms with Gasteiger partial charge in [-0.05, 0) is 24.1 Å². The first-order chi connectivity index (χ1) is 14.4. The molecule has 0 aromatic heterocycles. The molecule has 2 aromatic rings. The predicted molar refractivity (Wildman–Crippen MR) is 108 cm³/mol. The Balaban J connectivity index is 1.53. The molecule has 3 rings (SSSR count). The Morgan fingerprint density at radius 1 is 1.03 bits per heavy atom. The molecule has 0 aliphatic carbocycles. The average Bonchev–Trinajstić information content (AvgIpc) is 3.01. The second-order valence-corrected chi connectivity index (χ2v) is 8.38. The number of nitrogens with one attached hydrogen (secondary N) is 1. The van der Waals surface area contributed by atoms with E-state index in [1.165, 1.54) is 18.2 Å².